The molecule has 3 aromatic rings. The van der Waals surface area contributed by atoms with Gasteiger partial charge in [-0.25, -0.2) is 4.39 Å². The standard InChI is InChI=1S/C23H24FN5O2S/c1-2-11-28-12-14-29(15-13-28)18-9-7-17(8-10-18)25-21(30)16-32-23-27-26-22(31-23)19-5-3-4-6-20(19)24/h2-10H,1,11-16H2,(H,25,30). The SMILES string of the molecule is C=CCN1CCN(c2ccc(NC(=O)CSc3nnc(-c4ccccc4F)o3)cc2)CC1. The van der Waals surface area contributed by atoms with Crippen LogP contribution in [0, 0.1) is 5.82 Å². The summed E-state index contributed by atoms with van der Waals surface area (Å²) in [6, 6.07) is 14.0. The minimum Gasteiger partial charge on any atom is -0.411 e. The van der Waals surface area contributed by atoms with Crippen molar-refractivity contribution in [1.29, 1.82) is 0 Å². The van der Waals surface area contributed by atoms with E-state index in [1.165, 1.54) is 6.07 Å². The number of amides is 1. The molecule has 1 amide bonds. The largest absolute Gasteiger partial charge is 0.411 e. The molecule has 0 aliphatic carbocycles. The molecule has 1 fully saturated rings. The van der Waals surface area contributed by atoms with Crippen LogP contribution in [-0.2, 0) is 4.79 Å². The van der Waals surface area contributed by atoms with E-state index in [9.17, 15) is 9.18 Å². The maximum absolute atomic E-state index is 13.8. The fourth-order valence-corrected chi connectivity index (χ4v) is 4.03. The summed E-state index contributed by atoms with van der Waals surface area (Å²) in [5.41, 5.74) is 2.10. The molecule has 1 aliphatic heterocycles. The molecule has 0 unspecified atom stereocenters. The number of carbonyl (C=O) groups excluding carboxylic acids is 1. The summed E-state index contributed by atoms with van der Waals surface area (Å²) in [6.07, 6.45) is 1.94. The van der Waals surface area contributed by atoms with E-state index >= 15 is 0 Å². The monoisotopic (exact) mass is 453 g/mol. The first-order valence-corrected chi connectivity index (χ1v) is 11.3. The van der Waals surface area contributed by atoms with Gasteiger partial charge in [0.25, 0.3) is 11.1 Å². The molecule has 0 atom stereocenters. The zero-order chi connectivity index (χ0) is 22.3. The molecule has 7 nitrogen and oxygen atoms in total. The summed E-state index contributed by atoms with van der Waals surface area (Å²) < 4.78 is 19.3. The highest BCUT2D eigenvalue weighted by Crippen LogP contribution is 2.25. The van der Waals surface area contributed by atoms with Crippen molar-refractivity contribution in [3.8, 4) is 11.5 Å². The maximum Gasteiger partial charge on any atom is 0.277 e. The normalized spacial score (nSPS) is 14.3. The van der Waals surface area contributed by atoms with Crippen molar-refractivity contribution in [3.05, 3.63) is 67.0 Å². The Morgan fingerprint density at radius 1 is 1.12 bits per heavy atom. The van der Waals surface area contributed by atoms with E-state index in [1.807, 2.05) is 30.3 Å². The van der Waals surface area contributed by atoms with E-state index in [-0.39, 0.29) is 28.3 Å². The second-order valence-electron chi connectivity index (χ2n) is 7.31. The highest BCUT2D eigenvalue weighted by Gasteiger charge is 2.17. The number of nitrogens with one attached hydrogen (secondary N) is 1. The van der Waals surface area contributed by atoms with Crippen LogP contribution in [0.25, 0.3) is 11.5 Å². The van der Waals surface area contributed by atoms with Crippen LogP contribution in [0.5, 0.6) is 0 Å². The molecule has 1 N–H and O–H groups in total. The van der Waals surface area contributed by atoms with Gasteiger partial charge in [-0.15, -0.1) is 16.8 Å². The van der Waals surface area contributed by atoms with E-state index in [2.05, 4.69) is 31.9 Å². The molecule has 0 bridgehead atoms. The lowest BCUT2D eigenvalue weighted by atomic mass is 10.2. The quantitative estimate of drug-likeness (QED) is 0.409. The number of piperazine rings is 1. The average Bonchev–Trinajstić information content (AvgIpc) is 3.28. The van der Waals surface area contributed by atoms with E-state index in [4.69, 9.17) is 4.42 Å². The lowest BCUT2D eigenvalue weighted by Gasteiger charge is -2.35. The van der Waals surface area contributed by atoms with Crippen LogP contribution in [0.4, 0.5) is 15.8 Å². The number of nitrogens with zero attached hydrogens (tertiary/aromatic N) is 4. The van der Waals surface area contributed by atoms with E-state index in [1.54, 1.807) is 18.2 Å². The van der Waals surface area contributed by atoms with Crippen molar-refractivity contribution in [1.82, 2.24) is 15.1 Å². The van der Waals surface area contributed by atoms with Gasteiger partial charge in [-0.2, -0.15) is 0 Å². The molecule has 2 heterocycles. The van der Waals surface area contributed by atoms with Crippen molar-refractivity contribution in [2.24, 2.45) is 0 Å². The number of aromatic nitrogens is 2. The highest BCUT2D eigenvalue weighted by molar-refractivity contribution is 7.99. The molecule has 0 radical (unpaired) electrons. The zero-order valence-corrected chi connectivity index (χ0v) is 18.4. The summed E-state index contributed by atoms with van der Waals surface area (Å²) in [6.45, 7) is 8.67. The average molecular weight is 454 g/mol. The van der Waals surface area contributed by atoms with Crippen LogP contribution in [-0.4, -0.2) is 59.5 Å². The Morgan fingerprint density at radius 2 is 1.88 bits per heavy atom. The van der Waals surface area contributed by atoms with Crippen molar-refractivity contribution in [2.75, 3.05) is 48.7 Å². The van der Waals surface area contributed by atoms with Gasteiger partial charge in [-0.1, -0.05) is 30.0 Å². The van der Waals surface area contributed by atoms with E-state index in [0.29, 0.717) is 0 Å². The molecule has 0 saturated carbocycles. The van der Waals surface area contributed by atoms with Gasteiger partial charge in [0.2, 0.25) is 5.91 Å². The fraction of sp³-hybridized carbons (Fsp3) is 0.261. The lowest BCUT2D eigenvalue weighted by Crippen LogP contribution is -2.46. The Hall–Kier alpha value is -3.17. The Morgan fingerprint density at radius 3 is 2.59 bits per heavy atom. The molecular weight excluding hydrogens is 429 g/mol. The second-order valence-corrected chi connectivity index (χ2v) is 8.24. The number of anilines is 2. The predicted octanol–water partition coefficient (Wildman–Crippen LogP) is 3.91. The first-order chi connectivity index (χ1) is 15.6. The number of hydrogen-bond acceptors (Lipinski definition) is 7. The van der Waals surface area contributed by atoms with Gasteiger partial charge in [-0.05, 0) is 36.4 Å². The van der Waals surface area contributed by atoms with Crippen molar-refractivity contribution >= 4 is 29.0 Å². The van der Waals surface area contributed by atoms with Crippen molar-refractivity contribution in [3.63, 3.8) is 0 Å². The van der Waals surface area contributed by atoms with Gasteiger partial charge >= 0.3 is 0 Å². The molecule has 1 aliphatic rings. The zero-order valence-electron chi connectivity index (χ0n) is 17.5. The van der Waals surface area contributed by atoms with Crippen LogP contribution < -0.4 is 10.2 Å². The molecule has 32 heavy (non-hydrogen) atoms. The lowest BCUT2D eigenvalue weighted by molar-refractivity contribution is -0.113. The number of benzene rings is 2. The van der Waals surface area contributed by atoms with E-state index < -0.39 is 5.82 Å². The van der Waals surface area contributed by atoms with Crippen molar-refractivity contribution in [2.45, 2.75) is 5.22 Å². The summed E-state index contributed by atoms with van der Waals surface area (Å²) in [4.78, 5) is 17.0. The Labute approximate surface area is 190 Å². The third-order valence-corrected chi connectivity index (χ3v) is 5.93. The molecular formula is C23H24FN5O2S. The van der Waals surface area contributed by atoms with Crippen LogP contribution in [0.3, 0.4) is 0 Å². The topological polar surface area (TPSA) is 74.5 Å². The fourth-order valence-electron chi connectivity index (χ4n) is 3.46. The van der Waals surface area contributed by atoms with Gasteiger partial charge in [0, 0.05) is 44.1 Å². The molecule has 0 spiro atoms. The minimum absolute atomic E-state index is 0.0897. The summed E-state index contributed by atoms with van der Waals surface area (Å²) in [7, 11) is 0. The number of halogens is 1. The van der Waals surface area contributed by atoms with Gasteiger partial charge < -0.3 is 14.6 Å². The van der Waals surface area contributed by atoms with Gasteiger partial charge in [0.05, 0.1) is 11.3 Å². The Balaban J connectivity index is 1.26. The smallest absolute Gasteiger partial charge is 0.277 e. The second kappa shape index (κ2) is 10.4. The highest BCUT2D eigenvalue weighted by atomic mass is 32.2. The van der Waals surface area contributed by atoms with Gasteiger partial charge in [0.1, 0.15) is 5.82 Å². The van der Waals surface area contributed by atoms with Crippen LogP contribution >= 0.6 is 11.8 Å². The number of rotatable bonds is 8. The molecule has 2 aromatic carbocycles. The molecule has 166 valence electrons. The van der Waals surface area contributed by atoms with Crippen LogP contribution in [0.15, 0.2) is 70.8 Å². The Kier molecular flexibility index (Phi) is 7.18. The molecule has 1 saturated heterocycles. The molecule has 9 heteroatoms. The summed E-state index contributed by atoms with van der Waals surface area (Å²) >= 11 is 1.10. The predicted molar refractivity (Wildman–Crippen MR) is 124 cm³/mol. The van der Waals surface area contributed by atoms with Crippen LogP contribution in [0.1, 0.15) is 0 Å². The first kappa shape index (κ1) is 22.0. The Bertz CT molecular complexity index is 1060. The number of hydrogen-bond donors (Lipinski definition) is 1. The third kappa shape index (κ3) is 5.54. The summed E-state index contributed by atoms with van der Waals surface area (Å²) in [5, 5.41) is 10.8. The summed E-state index contributed by atoms with van der Waals surface area (Å²) in [5.74, 6) is -0.433. The van der Waals surface area contributed by atoms with Gasteiger partial charge in [-0.3, -0.25) is 9.69 Å². The first-order valence-electron chi connectivity index (χ1n) is 10.3. The minimum atomic E-state index is -0.437. The number of carbonyl (C=O) groups is 1. The van der Waals surface area contributed by atoms with Gasteiger partial charge in [0.15, 0.2) is 0 Å². The molecule has 1 aromatic heterocycles. The van der Waals surface area contributed by atoms with Crippen LogP contribution in [0.2, 0.25) is 0 Å². The molecule has 4 rings (SSSR count). The number of thioether (sulfide) groups is 1. The van der Waals surface area contributed by atoms with Crippen molar-refractivity contribution < 1.29 is 13.6 Å². The van der Waals surface area contributed by atoms with E-state index in [0.717, 1.165) is 55.9 Å². The maximum atomic E-state index is 13.8. The third-order valence-electron chi connectivity index (χ3n) is 5.11.